The third kappa shape index (κ3) is 4.12. The van der Waals surface area contributed by atoms with E-state index in [0.29, 0.717) is 6.42 Å². The van der Waals surface area contributed by atoms with Gasteiger partial charge in [0.25, 0.3) is 0 Å². The molecule has 20 heavy (non-hydrogen) atoms. The van der Waals surface area contributed by atoms with E-state index in [-0.39, 0.29) is 5.82 Å². The highest BCUT2D eigenvalue weighted by Gasteiger charge is 2.10. The van der Waals surface area contributed by atoms with E-state index in [1.54, 1.807) is 23.5 Å². The molecule has 0 amide bonds. The van der Waals surface area contributed by atoms with E-state index in [1.165, 1.54) is 16.6 Å². The van der Waals surface area contributed by atoms with E-state index in [9.17, 15) is 4.39 Å². The Hall–Kier alpha value is -1.26. The maximum atomic E-state index is 13.2. The average molecular weight is 292 g/mol. The molecule has 0 aliphatic heterocycles. The van der Waals surface area contributed by atoms with Crippen LogP contribution in [0.2, 0.25) is 0 Å². The molecule has 1 aromatic heterocycles. The summed E-state index contributed by atoms with van der Waals surface area (Å²) >= 11 is 1.74. The van der Waals surface area contributed by atoms with Crippen LogP contribution in [0.3, 0.4) is 0 Å². The number of halogens is 1. The zero-order valence-corrected chi connectivity index (χ0v) is 12.9. The first-order valence-corrected chi connectivity index (χ1v) is 7.97. The Morgan fingerprint density at radius 2 is 2.15 bits per heavy atom. The molecule has 1 aromatic carbocycles. The van der Waals surface area contributed by atoms with Crippen molar-refractivity contribution in [1.82, 2.24) is 10.3 Å². The lowest BCUT2D eigenvalue weighted by Gasteiger charge is -2.01. The molecule has 0 aliphatic rings. The van der Waals surface area contributed by atoms with Gasteiger partial charge >= 0.3 is 0 Å². The molecular weight excluding hydrogens is 271 g/mol. The molecule has 1 heterocycles. The highest BCUT2D eigenvalue weighted by atomic mass is 32.1. The molecule has 2 rings (SSSR count). The number of hydrogen-bond donors (Lipinski definition) is 1. The fourth-order valence-corrected chi connectivity index (χ4v) is 3.29. The second-order valence-corrected chi connectivity index (χ2v) is 5.98. The molecule has 0 radical (unpaired) electrons. The third-order valence-corrected chi connectivity index (χ3v) is 4.21. The number of hydrogen-bond acceptors (Lipinski definition) is 3. The minimum Gasteiger partial charge on any atom is -0.312 e. The monoisotopic (exact) mass is 292 g/mol. The summed E-state index contributed by atoms with van der Waals surface area (Å²) in [5.41, 5.74) is 2.15. The molecule has 4 heteroatoms. The van der Waals surface area contributed by atoms with Crippen LogP contribution in [-0.4, -0.2) is 11.5 Å². The average Bonchev–Trinajstić information content (AvgIpc) is 2.81. The maximum Gasteiger partial charge on any atom is 0.123 e. The fraction of sp³-hybridized carbons (Fsp3) is 0.438. The van der Waals surface area contributed by atoms with Crippen LogP contribution in [0.25, 0.3) is 0 Å². The van der Waals surface area contributed by atoms with Crippen LogP contribution in [-0.2, 0) is 19.4 Å². The standard InChI is InChI=1S/C16H21FN2S/c1-3-8-18-11-15-14(4-2)19-16(20-15)10-12-6-5-7-13(17)9-12/h5-7,9,18H,3-4,8,10-11H2,1-2H3. The van der Waals surface area contributed by atoms with Crippen LogP contribution in [0.4, 0.5) is 4.39 Å². The highest BCUT2D eigenvalue weighted by Crippen LogP contribution is 2.22. The number of rotatable bonds is 7. The molecular formula is C16H21FN2S. The van der Waals surface area contributed by atoms with Crippen molar-refractivity contribution in [3.8, 4) is 0 Å². The second kappa shape index (κ2) is 7.50. The summed E-state index contributed by atoms with van der Waals surface area (Å²) in [7, 11) is 0. The van der Waals surface area contributed by atoms with Gasteiger partial charge < -0.3 is 5.32 Å². The van der Waals surface area contributed by atoms with Gasteiger partial charge in [-0.05, 0) is 37.1 Å². The first-order valence-electron chi connectivity index (χ1n) is 7.15. The lowest BCUT2D eigenvalue weighted by atomic mass is 10.1. The Balaban J connectivity index is 2.08. The fourth-order valence-electron chi connectivity index (χ4n) is 2.13. The second-order valence-electron chi connectivity index (χ2n) is 4.81. The Morgan fingerprint density at radius 3 is 2.85 bits per heavy atom. The lowest BCUT2D eigenvalue weighted by Crippen LogP contribution is -2.13. The highest BCUT2D eigenvalue weighted by molar-refractivity contribution is 7.11. The molecule has 0 atom stereocenters. The van der Waals surface area contributed by atoms with Crippen LogP contribution in [0.5, 0.6) is 0 Å². The van der Waals surface area contributed by atoms with Gasteiger partial charge in [0.2, 0.25) is 0 Å². The molecule has 108 valence electrons. The topological polar surface area (TPSA) is 24.9 Å². The van der Waals surface area contributed by atoms with E-state index in [1.807, 2.05) is 6.07 Å². The Labute approximate surface area is 124 Å². The number of nitrogens with one attached hydrogen (secondary N) is 1. The first kappa shape index (κ1) is 15.1. The smallest absolute Gasteiger partial charge is 0.123 e. The van der Waals surface area contributed by atoms with Crippen molar-refractivity contribution < 1.29 is 4.39 Å². The van der Waals surface area contributed by atoms with Crippen molar-refractivity contribution in [2.75, 3.05) is 6.54 Å². The molecule has 0 saturated heterocycles. The Bertz CT molecular complexity index is 551. The molecule has 0 spiro atoms. The van der Waals surface area contributed by atoms with E-state index in [0.717, 1.165) is 36.5 Å². The predicted molar refractivity (Wildman–Crippen MR) is 82.7 cm³/mol. The molecule has 0 aliphatic carbocycles. The predicted octanol–water partition coefficient (Wildman–Crippen LogP) is 3.94. The summed E-state index contributed by atoms with van der Waals surface area (Å²) in [6, 6.07) is 6.76. The van der Waals surface area contributed by atoms with Crippen molar-refractivity contribution >= 4 is 11.3 Å². The largest absolute Gasteiger partial charge is 0.312 e. The van der Waals surface area contributed by atoms with Gasteiger partial charge in [0.1, 0.15) is 5.82 Å². The summed E-state index contributed by atoms with van der Waals surface area (Å²) in [5.74, 6) is -0.181. The van der Waals surface area contributed by atoms with Gasteiger partial charge in [-0.1, -0.05) is 26.0 Å². The summed E-state index contributed by atoms with van der Waals surface area (Å²) < 4.78 is 13.2. The van der Waals surface area contributed by atoms with Crippen molar-refractivity contribution in [2.45, 2.75) is 39.7 Å². The van der Waals surface area contributed by atoms with E-state index in [2.05, 4.69) is 24.1 Å². The number of aryl methyl sites for hydroxylation is 1. The zero-order chi connectivity index (χ0) is 14.4. The summed E-state index contributed by atoms with van der Waals surface area (Å²) in [5, 5.41) is 4.49. The molecule has 1 N–H and O–H groups in total. The first-order chi connectivity index (χ1) is 9.72. The molecule has 0 saturated carbocycles. The van der Waals surface area contributed by atoms with Crippen LogP contribution in [0.1, 0.15) is 41.4 Å². The molecule has 0 bridgehead atoms. The van der Waals surface area contributed by atoms with Gasteiger partial charge in [-0.15, -0.1) is 11.3 Å². The summed E-state index contributed by atoms with van der Waals surface area (Å²) in [4.78, 5) is 6.00. The molecule has 0 fully saturated rings. The van der Waals surface area contributed by atoms with Gasteiger partial charge in [-0.25, -0.2) is 9.37 Å². The van der Waals surface area contributed by atoms with Gasteiger partial charge in [-0.2, -0.15) is 0 Å². The SMILES string of the molecule is CCCNCc1sc(Cc2cccc(F)c2)nc1CC. The molecule has 0 unspecified atom stereocenters. The summed E-state index contributed by atoms with van der Waals surface area (Å²) in [6.45, 7) is 6.21. The minimum absolute atomic E-state index is 0.181. The van der Waals surface area contributed by atoms with E-state index >= 15 is 0 Å². The van der Waals surface area contributed by atoms with Crippen molar-refractivity contribution in [3.05, 3.63) is 51.2 Å². The number of benzene rings is 1. The zero-order valence-electron chi connectivity index (χ0n) is 12.1. The number of aromatic nitrogens is 1. The van der Waals surface area contributed by atoms with Gasteiger partial charge in [0, 0.05) is 17.8 Å². The van der Waals surface area contributed by atoms with Crippen LogP contribution >= 0.6 is 11.3 Å². The van der Waals surface area contributed by atoms with Gasteiger partial charge in [-0.3, -0.25) is 0 Å². The van der Waals surface area contributed by atoms with Crippen molar-refractivity contribution in [2.24, 2.45) is 0 Å². The van der Waals surface area contributed by atoms with Gasteiger partial charge in [0.15, 0.2) is 0 Å². The number of nitrogens with zero attached hydrogens (tertiary/aromatic N) is 1. The molecule has 2 aromatic rings. The van der Waals surface area contributed by atoms with E-state index < -0.39 is 0 Å². The van der Waals surface area contributed by atoms with Crippen molar-refractivity contribution in [1.29, 1.82) is 0 Å². The van der Waals surface area contributed by atoms with Gasteiger partial charge in [0.05, 0.1) is 10.7 Å². The maximum absolute atomic E-state index is 13.2. The van der Waals surface area contributed by atoms with Crippen LogP contribution < -0.4 is 5.32 Å². The quantitative estimate of drug-likeness (QED) is 0.782. The van der Waals surface area contributed by atoms with Crippen LogP contribution in [0.15, 0.2) is 24.3 Å². The van der Waals surface area contributed by atoms with Crippen molar-refractivity contribution in [3.63, 3.8) is 0 Å². The minimum atomic E-state index is -0.181. The normalized spacial score (nSPS) is 10.9. The molecule has 2 nitrogen and oxygen atoms in total. The number of thiazole rings is 1. The lowest BCUT2D eigenvalue weighted by molar-refractivity contribution is 0.626. The van der Waals surface area contributed by atoms with E-state index in [4.69, 9.17) is 0 Å². The Morgan fingerprint density at radius 1 is 1.30 bits per heavy atom. The Kier molecular flexibility index (Phi) is 5.68. The summed E-state index contributed by atoms with van der Waals surface area (Å²) in [6.07, 6.45) is 2.79. The van der Waals surface area contributed by atoms with Crippen LogP contribution in [0, 0.1) is 5.82 Å². The third-order valence-electron chi connectivity index (χ3n) is 3.11.